The van der Waals surface area contributed by atoms with Crippen molar-refractivity contribution in [2.75, 3.05) is 6.54 Å². The molecule has 18 heavy (non-hydrogen) atoms. The Labute approximate surface area is 106 Å². The summed E-state index contributed by atoms with van der Waals surface area (Å²) < 4.78 is 0. The summed E-state index contributed by atoms with van der Waals surface area (Å²) in [5, 5.41) is 1.56. The number of hydrazine groups is 1. The first-order valence-electron chi connectivity index (χ1n) is 6.36. The normalized spacial score (nSPS) is 17.3. The van der Waals surface area contributed by atoms with Gasteiger partial charge in [0.1, 0.15) is 5.82 Å². The Morgan fingerprint density at radius 3 is 2.94 bits per heavy atom. The summed E-state index contributed by atoms with van der Waals surface area (Å²) in [5.41, 5.74) is 12.4. The third-order valence-electron chi connectivity index (χ3n) is 3.58. The van der Waals surface area contributed by atoms with Crippen LogP contribution in [-0.2, 0) is 24.1 Å². The van der Waals surface area contributed by atoms with Gasteiger partial charge < -0.3 is 5.73 Å². The Balaban J connectivity index is 1.68. The average Bonchev–Trinajstić information content (AvgIpc) is 2.96. The lowest BCUT2D eigenvalue weighted by atomic mass is 10.0. The molecule has 0 saturated heterocycles. The number of amides is 1. The molecule has 1 heterocycles. The van der Waals surface area contributed by atoms with E-state index in [9.17, 15) is 4.79 Å². The highest BCUT2D eigenvalue weighted by molar-refractivity contribution is 5.79. The van der Waals surface area contributed by atoms with E-state index in [4.69, 9.17) is 5.73 Å². The molecule has 2 aliphatic rings. The Bertz CT molecular complexity index is 522. The lowest BCUT2D eigenvalue weighted by Gasteiger charge is -2.17. The number of rotatable bonds is 2. The van der Waals surface area contributed by atoms with Crippen LogP contribution >= 0.6 is 0 Å². The van der Waals surface area contributed by atoms with Crippen molar-refractivity contribution in [3.8, 4) is 0 Å². The van der Waals surface area contributed by atoms with Crippen molar-refractivity contribution < 1.29 is 4.79 Å². The average molecular weight is 243 g/mol. The fraction of sp³-hybridized carbons (Fsp3) is 0.357. The maximum atomic E-state index is 12.0. The van der Waals surface area contributed by atoms with E-state index >= 15 is 0 Å². The molecule has 0 unspecified atom stereocenters. The van der Waals surface area contributed by atoms with Crippen LogP contribution in [0.15, 0.2) is 30.1 Å². The maximum absolute atomic E-state index is 12.0. The number of aryl methyl sites for hydroxylation is 2. The molecule has 0 spiro atoms. The van der Waals surface area contributed by atoms with Crippen molar-refractivity contribution in [1.82, 2.24) is 10.4 Å². The molecule has 0 atom stereocenters. The molecule has 1 aromatic rings. The van der Waals surface area contributed by atoms with Gasteiger partial charge in [-0.2, -0.15) is 0 Å². The highest BCUT2D eigenvalue weighted by atomic mass is 16.2. The fourth-order valence-corrected chi connectivity index (χ4v) is 2.61. The molecule has 1 aliphatic heterocycles. The van der Waals surface area contributed by atoms with E-state index in [-0.39, 0.29) is 5.91 Å². The van der Waals surface area contributed by atoms with Crippen LogP contribution in [0.2, 0.25) is 0 Å². The van der Waals surface area contributed by atoms with Gasteiger partial charge in [0.2, 0.25) is 5.91 Å². The van der Waals surface area contributed by atoms with Crippen LogP contribution in [0.1, 0.15) is 23.1 Å². The summed E-state index contributed by atoms with van der Waals surface area (Å²) in [6, 6.07) is 6.40. The van der Waals surface area contributed by atoms with Gasteiger partial charge in [-0.25, -0.2) is 0 Å². The van der Waals surface area contributed by atoms with Crippen molar-refractivity contribution in [1.29, 1.82) is 0 Å². The first kappa shape index (κ1) is 11.1. The standard InChI is InChI=1S/C14H17N3O/c15-13-6-7-17(16-13)14(18)9-10-4-5-11-2-1-3-12(11)8-10/h4-6,8,16H,1-3,7,9,15H2. The molecule has 3 rings (SSSR count). The fourth-order valence-electron chi connectivity index (χ4n) is 2.61. The van der Waals surface area contributed by atoms with Crippen molar-refractivity contribution in [2.24, 2.45) is 5.73 Å². The zero-order valence-corrected chi connectivity index (χ0v) is 10.3. The predicted octanol–water partition coefficient (Wildman–Crippen LogP) is 0.865. The Morgan fingerprint density at radius 2 is 2.17 bits per heavy atom. The Hall–Kier alpha value is -1.97. The highest BCUT2D eigenvalue weighted by Gasteiger charge is 2.18. The molecular formula is C14H17N3O. The number of nitrogens with two attached hydrogens (primary N) is 1. The minimum atomic E-state index is 0.0599. The second-order valence-electron chi connectivity index (χ2n) is 4.91. The van der Waals surface area contributed by atoms with Crippen LogP contribution in [0.5, 0.6) is 0 Å². The molecule has 1 aromatic carbocycles. The predicted molar refractivity (Wildman–Crippen MR) is 69.3 cm³/mol. The third-order valence-corrected chi connectivity index (χ3v) is 3.58. The SMILES string of the molecule is NC1=CCN(C(=O)Cc2ccc3c(c2)CCC3)N1. The van der Waals surface area contributed by atoms with Gasteiger partial charge in [0.05, 0.1) is 13.0 Å². The zero-order chi connectivity index (χ0) is 12.5. The molecule has 1 aliphatic carbocycles. The van der Waals surface area contributed by atoms with Gasteiger partial charge in [-0.1, -0.05) is 18.2 Å². The van der Waals surface area contributed by atoms with E-state index in [0.29, 0.717) is 18.8 Å². The third kappa shape index (κ3) is 2.06. The monoisotopic (exact) mass is 243 g/mol. The zero-order valence-electron chi connectivity index (χ0n) is 10.3. The molecule has 0 fully saturated rings. The molecule has 0 radical (unpaired) electrons. The Kier molecular flexibility index (Phi) is 2.70. The van der Waals surface area contributed by atoms with Crippen LogP contribution < -0.4 is 11.2 Å². The summed E-state index contributed by atoms with van der Waals surface area (Å²) >= 11 is 0. The minimum Gasteiger partial charge on any atom is -0.384 e. The van der Waals surface area contributed by atoms with Gasteiger partial charge >= 0.3 is 0 Å². The van der Waals surface area contributed by atoms with Crippen LogP contribution in [0.4, 0.5) is 0 Å². The van der Waals surface area contributed by atoms with Crippen molar-refractivity contribution >= 4 is 5.91 Å². The van der Waals surface area contributed by atoms with E-state index in [1.54, 1.807) is 11.1 Å². The van der Waals surface area contributed by atoms with Gasteiger partial charge in [-0.15, -0.1) is 0 Å². The molecule has 94 valence electrons. The molecule has 4 nitrogen and oxygen atoms in total. The van der Waals surface area contributed by atoms with Gasteiger partial charge in [0.25, 0.3) is 0 Å². The van der Waals surface area contributed by atoms with E-state index < -0.39 is 0 Å². The first-order valence-corrected chi connectivity index (χ1v) is 6.36. The summed E-state index contributed by atoms with van der Waals surface area (Å²) in [6.07, 6.45) is 5.80. The molecule has 1 amide bonds. The minimum absolute atomic E-state index is 0.0599. The van der Waals surface area contributed by atoms with Gasteiger partial charge in [-0.3, -0.25) is 15.2 Å². The number of hydrogen-bond acceptors (Lipinski definition) is 3. The number of carbonyl (C=O) groups excluding carboxylic acids is 1. The molecular weight excluding hydrogens is 226 g/mol. The van der Waals surface area contributed by atoms with Gasteiger partial charge in [0.15, 0.2) is 0 Å². The number of nitrogens with one attached hydrogen (secondary N) is 1. The maximum Gasteiger partial charge on any atom is 0.245 e. The summed E-state index contributed by atoms with van der Waals surface area (Å²) in [7, 11) is 0. The van der Waals surface area contributed by atoms with Crippen molar-refractivity contribution in [3.05, 3.63) is 46.8 Å². The van der Waals surface area contributed by atoms with Gasteiger partial charge in [-0.05, 0) is 42.0 Å². The highest BCUT2D eigenvalue weighted by Crippen LogP contribution is 2.23. The largest absolute Gasteiger partial charge is 0.384 e. The lowest BCUT2D eigenvalue weighted by molar-refractivity contribution is -0.131. The molecule has 0 saturated carbocycles. The smallest absolute Gasteiger partial charge is 0.245 e. The molecule has 0 aromatic heterocycles. The van der Waals surface area contributed by atoms with E-state index in [1.165, 1.54) is 24.0 Å². The van der Waals surface area contributed by atoms with E-state index in [0.717, 1.165) is 12.0 Å². The number of hydrogen-bond donors (Lipinski definition) is 2. The van der Waals surface area contributed by atoms with Crippen LogP contribution in [-0.4, -0.2) is 17.5 Å². The topological polar surface area (TPSA) is 58.4 Å². The summed E-state index contributed by atoms with van der Waals surface area (Å²) in [5.74, 6) is 0.613. The van der Waals surface area contributed by atoms with Gasteiger partial charge in [0, 0.05) is 0 Å². The van der Waals surface area contributed by atoms with Crippen LogP contribution in [0.3, 0.4) is 0 Å². The van der Waals surface area contributed by atoms with Crippen LogP contribution in [0, 0.1) is 0 Å². The van der Waals surface area contributed by atoms with Crippen molar-refractivity contribution in [2.45, 2.75) is 25.7 Å². The summed E-state index contributed by atoms with van der Waals surface area (Å²) in [6.45, 7) is 0.551. The molecule has 0 bridgehead atoms. The summed E-state index contributed by atoms with van der Waals surface area (Å²) in [4.78, 5) is 12.0. The molecule has 3 N–H and O–H groups in total. The number of nitrogens with zero attached hydrogens (tertiary/aromatic N) is 1. The number of fused-ring (bicyclic) bond motifs is 1. The number of benzene rings is 1. The second kappa shape index (κ2) is 4.37. The lowest BCUT2D eigenvalue weighted by Crippen LogP contribution is -2.40. The second-order valence-corrected chi connectivity index (χ2v) is 4.91. The first-order chi connectivity index (χ1) is 8.72. The van der Waals surface area contributed by atoms with Crippen molar-refractivity contribution in [3.63, 3.8) is 0 Å². The van der Waals surface area contributed by atoms with E-state index in [2.05, 4.69) is 23.6 Å². The Morgan fingerprint density at radius 1 is 1.33 bits per heavy atom. The quantitative estimate of drug-likeness (QED) is 0.810. The van der Waals surface area contributed by atoms with E-state index in [1.807, 2.05) is 0 Å². The number of carbonyl (C=O) groups is 1. The van der Waals surface area contributed by atoms with Crippen LogP contribution in [0.25, 0.3) is 0 Å². The molecule has 4 heteroatoms.